The second kappa shape index (κ2) is 8.53. The van der Waals surface area contributed by atoms with Crippen LogP contribution in [0.25, 0.3) is 0 Å². The second-order valence-electron chi connectivity index (χ2n) is 13.7. The van der Waals surface area contributed by atoms with E-state index in [0.29, 0.717) is 4.90 Å². The second-order valence-corrected chi connectivity index (χ2v) is 21.2. The topological polar surface area (TPSA) is 43.4 Å². The van der Waals surface area contributed by atoms with Gasteiger partial charge < -0.3 is 4.74 Å². The number of benzene rings is 4. The van der Waals surface area contributed by atoms with Gasteiger partial charge in [-0.3, -0.25) is 0 Å². The summed E-state index contributed by atoms with van der Waals surface area (Å²) in [5.41, 5.74) is 3.68. The summed E-state index contributed by atoms with van der Waals surface area (Å²) in [6, 6.07) is 39.4. The Kier molecular flexibility index (Phi) is 5.34. The Labute approximate surface area is 244 Å². The van der Waals surface area contributed by atoms with Gasteiger partial charge >= 0.3 is 0 Å². The first-order valence-corrected chi connectivity index (χ1v) is 20.0. The Hall–Kier alpha value is -2.99. The van der Waals surface area contributed by atoms with Crippen molar-refractivity contribution in [3.05, 3.63) is 138 Å². The summed E-state index contributed by atoms with van der Waals surface area (Å²) < 4.78 is 37.1. The summed E-state index contributed by atoms with van der Waals surface area (Å²) in [7, 11) is -5.48. The first kappa shape index (κ1) is 25.7. The zero-order chi connectivity index (χ0) is 28.2. The molecule has 0 spiro atoms. The molecule has 4 bridgehead atoms. The molecule has 2 saturated carbocycles. The maximum absolute atomic E-state index is 14.7. The van der Waals surface area contributed by atoms with Gasteiger partial charge in [0.05, 0.1) is 10.1 Å². The van der Waals surface area contributed by atoms with Gasteiger partial charge in [0, 0.05) is 19.9 Å². The third-order valence-corrected chi connectivity index (χ3v) is 16.2. The smallest absolute Gasteiger partial charge is 0.181 e. The summed E-state index contributed by atoms with van der Waals surface area (Å²) in [5.74, 6) is 0.579. The third-order valence-electron chi connectivity index (χ3n) is 10.9. The molecule has 8 atom stereocenters. The van der Waals surface area contributed by atoms with Gasteiger partial charge in [-0.2, -0.15) is 0 Å². The normalized spacial score (nSPS) is 34.9. The summed E-state index contributed by atoms with van der Waals surface area (Å²) in [6.07, 6.45) is 0.946. The largest absolute Gasteiger partial charge is 0.349 e. The molecule has 2 heterocycles. The Bertz CT molecular complexity index is 1730. The van der Waals surface area contributed by atoms with Gasteiger partial charge in [-0.1, -0.05) is 123 Å². The lowest BCUT2D eigenvalue weighted by Gasteiger charge is -2.50. The van der Waals surface area contributed by atoms with E-state index in [2.05, 4.69) is 105 Å². The van der Waals surface area contributed by atoms with E-state index in [9.17, 15) is 8.42 Å². The van der Waals surface area contributed by atoms with Gasteiger partial charge in [0.1, 0.15) is 11.2 Å². The van der Waals surface area contributed by atoms with Crippen molar-refractivity contribution in [3.8, 4) is 0 Å². The summed E-state index contributed by atoms with van der Waals surface area (Å²) in [6.45, 7) is 7.14. The molecule has 0 N–H and O–H groups in total. The van der Waals surface area contributed by atoms with Gasteiger partial charge in [0.15, 0.2) is 9.84 Å². The molecule has 0 aromatic heterocycles. The molecular weight excluding hydrogens is 541 g/mol. The number of hydrogen-bond acceptors (Lipinski definition) is 3. The standard InChI is InChI=1S/C36H36O3SSi/c1-41(2,3)34-28-23-27(33(34)40(37,38)26-19-11-6-12-20-26)31-32(28)36(25-17-9-5-10-18-25)30-22-14-13-21-29(30)35(31,39-36)24-15-7-4-8-16-24/h4-22,27-28,31-34H,23H2,1-3H3. The number of fused-ring (bicyclic) bond motifs is 12. The van der Waals surface area contributed by atoms with Crippen molar-refractivity contribution in [2.75, 3.05) is 0 Å². The van der Waals surface area contributed by atoms with E-state index < -0.39 is 34.4 Å². The van der Waals surface area contributed by atoms with Crippen LogP contribution in [0, 0.1) is 23.7 Å². The van der Waals surface area contributed by atoms with Gasteiger partial charge in [-0.15, -0.1) is 0 Å². The lowest BCUT2D eigenvalue weighted by molar-refractivity contribution is -0.0675. The average molecular weight is 577 g/mol. The van der Waals surface area contributed by atoms with Crippen molar-refractivity contribution in [1.29, 1.82) is 0 Å². The van der Waals surface area contributed by atoms with Crippen LogP contribution in [0.1, 0.15) is 28.7 Å². The maximum Gasteiger partial charge on any atom is 0.181 e. The van der Waals surface area contributed by atoms with E-state index in [1.807, 2.05) is 18.2 Å². The molecule has 3 nitrogen and oxygen atoms in total. The molecule has 4 aromatic rings. The summed E-state index contributed by atoms with van der Waals surface area (Å²) in [4.78, 5) is 0.466. The first-order valence-electron chi connectivity index (χ1n) is 14.9. The van der Waals surface area contributed by atoms with Crippen molar-refractivity contribution < 1.29 is 13.2 Å². The number of ether oxygens (including phenoxy) is 1. The van der Waals surface area contributed by atoms with Gasteiger partial charge in [-0.05, 0) is 58.2 Å². The minimum Gasteiger partial charge on any atom is -0.349 e. The highest BCUT2D eigenvalue weighted by Crippen LogP contribution is 2.80. The third kappa shape index (κ3) is 3.15. The van der Waals surface area contributed by atoms with Crippen molar-refractivity contribution in [2.24, 2.45) is 23.7 Å². The molecule has 8 unspecified atom stereocenters. The highest BCUT2D eigenvalue weighted by molar-refractivity contribution is 7.92. The highest BCUT2D eigenvalue weighted by Gasteiger charge is 2.81. The first-order chi connectivity index (χ1) is 19.7. The van der Waals surface area contributed by atoms with Crippen LogP contribution in [0.4, 0.5) is 0 Å². The molecule has 0 radical (unpaired) electrons. The zero-order valence-corrected chi connectivity index (χ0v) is 25.6. The van der Waals surface area contributed by atoms with Crippen molar-refractivity contribution in [2.45, 2.75) is 53.0 Å². The van der Waals surface area contributed by atoms with E-state index in [-0.39, 0.29) is 29.2 Å². The van der Waals surface area contributed by atoms with Crippen molar-refractivity contribution in [3.63, 3.8) is 0 Å². The molecule has 8 rings (SSSR count). The molecule has 2 aliphatic carbocycles. The molecule has 4 aromatic carbocycles. The molecule has 5 heteroatoms. The molecule has 3 fully saturated rings. The summed E-state index contributed by atoms with van der Waals surface area (Å²) >= 11 is 0. The number of rotatable bonds is 5. The fraction of sp³-hybridized carbons (Fsp3) is 0.333. The molecule has 4 aliphatic rings. The van der Waals surface area contributed by atoms with Crippen LogP contribution in [0.3, 0.4) is 0 Å². The Morgan fingerprint density at radius 2 is 1.07 bits per heavy atom. The van der Waals surface area contributed by atoms with Gasteiger partial charge in [-0.25, -0.2) is 8.42 Å². The average Bonchev–Trinajstić information content (AvgIpc) is 3.74. The van der Waals surface area contributed by atoms with Crippen LogP contribution in [0.2, 0.25) is 25.2 Å². The minimum absolute atomic E-state index is 0.0195. The maximum atomic E-state index is 14.7. The van der Waals surface area contributed by atoms with Gasteiger partial charge in [0.2, 0.25) is 0 Å². The van der Waals surface area contributed by atoms with E-state index in [1.165, 1.54) is 16.7 Å². The highest BCUT2D eigenvalue weighted by atomic mass is 32.2. The quantitative estimate of drug-likeness (QED) is 0.229. The van der Waals surface area contributed by atoms with Crippen molar-refractivity contribution in [1.82, 2.24) is 0 Å². The predicted molar refractivity (Wildman–Crippen MR) is 165 cm³/mol. The fourth-order valence-corrected chi connectivity index (χ4v) is 16.8. The monoisotopic (exact) mass is 576 g/mol. The SMILES string of the molecule is C[Si](C)(C)C1C2CC(C3C2C2(c4ccccc4)OC3(c3ccccc3)c3ccccc32)C1S(=O)(=O)c1ccccc1. The molecular formula is C36H36O3SSi. The predicted octanol–water partition coefficient (Wildman–Crippen LogP) is 7.65. The fourth-order valence-electron chi connectivity index (χ4n) is 9.97. The zero-order valence-electron chi connectivity index (χ0n) is 23.8. The van der Waals surface area contributed by atoms with E-state index in [1.54, 1.807) is 12.1 Å². The van der Waals surface area contributed by atoms with E-state index >= 15 is 0 Å². The Balaban J connectivity index is 1.43. The molecule has 0 amide bonds. The molecule has 1 saturated heterocycles. The van der Waals surface area contributed by atoms with Crippen LogP contribution in [-0.2, 0) is 25.8 Å². The van der Waals surface area contributed by atoms with Crippen LogP contribution >= 0.6 is 0 Å². The van der Waals surface area contributed by atoms with Gasteiger partial charge in [0.25, 0.3) is 0 Å². The number of hydrogen-bond donors (Lipinski definition) is 0. The van der Waals surface area contributed by atoms with Crippen molar-refractivity contribution >= 4 is 17.9 Å². The lowest BCUT2D eigenvalue weighted by Crippen LogP contribution is -2.54. The van der Waals surface area contributed by atoms with E-state index in [4.69, 9.17) is 4.74 Å². The lowest BCUT2D eigenvalue weighted by atomic mass is 9.56. The summed E-state index contributed by atoms with van der Waals surface area (Å²) in [5, 5.41) is -0.397. The van der Waals surface area contributed by atoms with Crippen LogP contribution in [0.15, 0.2) is 120 Å². The Morgan fingerprint density at radius 3 is 1.56 bits per heavy atom. The minimum atomic E-state index is -3.55. The Morgan fingerprint density at radius 1 is 0.634 bits per heavy atom. The molecule has 2 aliphatic heterocycles. The molecule has 41 heavy (non-hydrogen) atoms. The number of sulfone groups is 1. The van der Waals surface area contributed by atoms with Crippen LogP contribution in [-0.4, -0.2) is 21.7 Å². The van der Waals surface area contributed by atoms with E-state index in [0.717, 1.165) is 12.0 Å². The van der Waals surface area contributed by atoms with Crippen LogP contribution in [0.5, 0.6) is 0 Å². The molecule has 208 valence electrons. The van der Waals surface area contributed by atoms with Crippen LogP contribution < -0.4 is 0 Å².